The summed E-state index contributed by atoms with van der Waals surface area (Å²) in [4.78, 5) is 0. The van der Waals surface area contributed by atoms with Crippen molar-refractivity contribution in [1.82, 2.24) is 0 Å². The fourth-order valence-corrected chi connectivity index (χ4v) is 2.79. The Morgan fingerprint density at radius 2 is 2.11 bits per heavy atom. The van der Waals surface area contributed by atoms with Gasteiger partial charge in [0.15, 0.2) is 5.60 Å². The molecule has 1 aliphatic carbocycles. The Hall–Kier alpha value is -0.590. The maximum Gasteiger partial charge on any atom is 0.154 e. The largest absolute Gasteiger partial charge is 0.391 e. The van der Waals surface area contributed by atoms with Gasteiger partial charge in [-0.05, 0) is 45.4 Å². The van der Waals surface area contributed by atoms with E-state index in [9.17, 15) is 10.4 Å². The highest BCUT2D eigenvalue weighted by molar-refractivity contribution is 5.04. The lowest BCUT2D eigenvalue weighted by Crippen LogP contribution is -2.38. The van der Waals surface area contributed by atoms with Gasteiger partial charge in [-0.15, -0.1) is 0 Å². The van der Waals surface area contributed by atoms with Crippen molar-refractivity contribution in [2.75, 3.05) is 0 Å². The van der Waals surface area contributed by atoms with Gasteiger partial charge < -0.3 is 9.84 Å². The number of ether oxygens (including phenoxy) is 1. The molecule has 1 rings (SSSR count). The van der Waals surface area contributed by atoms with Crippen LogP contribution in [0.1, 0.15) is 65.7 Å². The van der Waals surface area contributed by atoms with Gasteiger partial charge in [0, 0.05) is 0 Å². The zero-order valence-corrected chi connectivity index (χ0v) is 12.0. The fourth-order valence-electron chi connectivity index (χ4n) is 2.79. The minimum absolute atomic E-state index is 0.271. The highest BCUT2D eigenvalue weighted by Crippen LogP contribution is 2.35. The highest BCUT2D eigenvalue weighted by atomic mass is 16.5. The number of hydrogen-bond acceptors (Lipinski definition) is 3. The molecular formula is C15H27NO2. The van der Waals surface area contributed by atoms with Gasteiger partial charge in [0.05, 0.1) is 18.3 Å². The number of nitriles is 1. The number of nitrogens with zero attached hydrogens (tertiary/aromatic N) is 1. The normalized spacial score (nSPS) is 32.3. The second-order valence-electron chi connectivity index (χ2n) is 5.76. The first kappa shape index (κ1) is 15.5. The predicted octanol–water partition coefficient (Wildman–Crippen LogP) is 3.42. The molecule has 0 aromatic heterocycles. The van der Waals surface area contributed by atoms with Crippen LogP contribution in [0.2, 0.25) is 0 Å². The van der Waals surface area contributed by atoms with Crippen molar-refractivity contribution in [3.05, 3.63) is 0 Å². The molecule has 4 unspecified atom stereocenters. The molecule has 0 amide bonds. The predicted molar refractivity (Wildman–Crippen MR) is 72.1 cm³/mol. The Morgan fingerprint density at radius 3 is 2.67 bits per heavy atom. The molecule has 0 heterocycles. The van der Waals surface area contributed by atoms with Crippen LogP contribution in [-0.2, 0) is 4.74 Å². The van der Waals surface area contributed by atoms with E-state index in [0.29, 0.717) is 0 Å². The first-order chi connectivity index (χ1) is 8.53. The van der Waals surface area contributed by atoms with E-state index < -0.39 is 11.7 Å². The minimum Gasteiger partial charge on any atom is -0.391 e. The SMILES string of the molecule is CCCC1CCCC(C#N)(OC(C)C(C)O)CC1. The molecule has 18 heavy (non-hydrogen) atoms. The van der Waals surface area contributed by atoms with Crippen LogP contribution in [0.3, 0.4) is 0 Å². The van der Waals surface area contributed by atoms with E-state index in [-0.39, 0.29) is 6.10 Å². The lowest BCUT2D eigenvalue weighted by atomic mass is 9.92. The molecule has 104 valence electrons. The van der Waals surface area contributed by atoms with Crippen molar-refractivity contribution >= 4 is 0 Å². The molecule has 3 nitrogen and oxygen atoms in total. The van der Waals surface area contributed by atoms with Gasteiger partial charge in [0.2, 0.25) is 0 Å². The van der Waals surface area contributed by atoms with Crippen LogP contribution in [0.5, 0.6) is 0 Å². The summed E-state index contributed by atoms with van der Waals surface area (Å²) in [6.07, 6.45) is 6.65. The van der Waals surface area contributed by atoms with E-state index in [1.54, 1.807) is 6.92 Å². The van der Waals surface area contributed by atoms with Crippen molar-refractivity contribution < 1.29 is 9.84 Å². The van der Waals surface area contributed by atoms with E-state index in [4.69, 9.17) is 4.74 Å². The molecule has 4 atom stereocenters. The van der Waals surface area contributed by atoms with Crippen LogP contribution in [0.25, 0.3) is 0 Å². The molecule has 1 aliphatic rings. The molecule has 1 fully saturated rings. The zero-order valence-electron chi connectivity index (χ0n) is 12.0. The molecule has 0 aliphatic heterocycles. The van der Waals surface area contributed by atoms with Crippen LogP contribution >= 0.6 is 0 Å². The second kappa shape index (κ2) is 7.11. The van der Waals surface area contributed by atoms with Gasteiger partial charge in [0.25, 0.3) is 0 Å². The van der Waals surface area contributed by atoms with Gasteiger partial charge in [-0.2, -0.15) is 5.26 Å². The third-order valence-electron chi connectivity index (χ3n) is 4.14. The monoisotopic (exact) mass is 253 g/mol. The van der Waals surface area contributed by atoms with Gasteiger partial charge in [0.1, 0.15) is 0 Å². The molecule has 0 aromatic carbocycles. The molecule has 0 saturated heterocycles. The quantitative estimate of drug-likeness (QED) is 0.764. The Morgan fingerprint density at radius 1 is 1.39 bits per heavy atom. The summed E-state index contributed by atoms with van der Waals surface area (Å²) >= 11 is 0. The molecule has 1 N–H and O–H groups in total. The molecule has 0 bridgehead atoms. The summed E-state index contributed by atoms with van der Waals surface area (Å²) in [5.74, 6) is 0.746. The number of aliphatic hydroxyl groups excluding tert-OH is 1. The van der Waals surface area contributed by atoms with E-state index in [0.717, 1.165) is 31.6 Å². The maximum absolute atomic E-state index is 9.53. The van der Waals surface area contributed by atoms with Crippen molar-refractivity contribution in [3.8, 4) is 6.07 Å². The summed E-state index contributed by atoms with van der Waals surface area (Å²) in [6.45, 7) is 5.78. The van der Waals surface area contributed by atoms with Gasteiger partial charge >= 0.3 is 0 Å². The van der Waals surface area contributed by atoms with Crippen LogP contribution in [0.4, 0.5) is 0 Å². The van der Waals surface area contributed by atoms with E-state index in [1.807, 2.05) is 6.92 Å². The molecule has 0 spiro atoms. The second-order valence-corrected chi connectivity index (χ2v) is 5.76. The lowest BCUT2D eigenvalue weighted by molar-refractivity contribution is -0.102. The third kappa shape index (κ3) is 4.26. The number of hydrogen-bond donors (Lipinski definition) is 1. The van der Waals surface area contributed by atoms with E-state index in [1.165, 1.54) is 19.3 Å². The van der Waals surface area contributed by atoms with Gasteiger partial charge in [-0.25, -0.2) is 0 Å². The van der Waals surface area contributed by atoms with Crippen molar-refractivity contribution in [2.45, 2.75) is 83.5 Å². The smallest absolute Gasteiger partial charge is 0.154 e. The Balaban J connectivity index is 2.62. The van der Waals surface area contributed by atoms with Crippen molar-refractivity contribution in [2.24, 2.45) is 5.92 Å². The van der Waals surface area contributed by atoms with Crippen LogP contribution in [-0.4, -0.2) is 22.9 Å². The average Bonchev–Trinajstić information content (AvgIpc) is 2.53. The fraction of sp³-hybridized carbons (Fsp3) is 0.933. The van der Waals surface area contributed by atoms with Crippen LogP contribution in [0, 0.1) is 17.2 Å². The number of aliphatic hydroxyl groups is 1. The zero-order chi connectivity index (χ0) is 13.6. The first-order valence-electron chi connectivity index (χ1n) is 7.30. The van der Waals surface area contributed by atoms with Gasteiger partial charge in [-0.1, -0.05) is 26.2 Å². The van der Waals surface area contributed by atoms with Crippen LogP contribution < -0.4 is 0 Å². The Kier molecular flexibility index (Phi) is 6.11. The lowest BCUT2D eigenvalue weighted by Gasteiger charge is -2.30. The first-order valence-corrected chi connectivity index (χ1v) is 7.30. The molecule has 0 aromatic rings. The van der Waals surface area contributed by atoms with Gasteiger partial charge in [-0.3, -0.25) is 0 Å². The van der Waals surface area contributed by atoms with Crippen molar-refractivity contribution in [1.29, 1.82) is 5.26 Å². The summed E-state index contributed by atoms with van der Waals surface area (Å²) < 4.78 is 5.88. The molecule has 3 heteroatoms. The van der Waals surface area contributed by atoms with Crippen LogP contribution in [0.15, 0.2) is 0 Å². The van der Waals surface area contributed by atoms with Crippen molar-refractivity contribution in [3.63, 3.8) is 0 Å². The molecule has 0 radical (unpaired) electrons. The maximum atomic E-state index is 9.53. The van der Waals surface area contributed by atoms with E-state index in [2.05, 4.69) is 13.0 Å². The minimum atomic E-state index is -0.668. The third-order valence-corrected chi connectivity index (χ3v) is 4.14. The Bertz CT molecular complexity index is 285. The molecular weight excluding hydrogens is 226 g/mol. The average molecular weight is 253 g/mol. The molecule has 1 saturated carbocycles. The highest BCUT2D eigenvalue weighted by Gasteiger charge is 2.36. The summed E-state index contributed by atoms with van der Waals surface area (Å²) in [7, 11) is 0. The topological polar surface area (TPSA) is 53.2 Å². The summed E-state index contributed by atoms with van der Waals surface area (Å²) in [5.41, 5.74) is -0.668. The summed E-state index contributed by atoms with van der Waals surface area (Å²) in [6, 6.07) is 2.37. The Labute approximate surface area is 111 Å². The van der Waals surface area contributed by atoms with E-state index >= 15 is 0 Å². The standard InChI is InChI=1S/C15H27NO2/c1-4-6-14-7-5-9-15(11-16,10-8-14)18-13(3)12(2)17/h12-14,17H,4-10H2,1-3H3. The summed E-state index contributed by atoms with van der Waals surface area (Å²) in [5, 5.41) is 19.0. The number of rotatable bonds is 5.